The molecule has 0 aliphatic carbocycles. The van der Waals surface area contributed by atoms with Crippen molar-refractivity contribution < 1.29 is 9.59 Å². The summed E-state index contributed by atoms with van der Waals surface area (Å²) in [5.41, 5.74) is 3.76. The molecular formula is C20H15N3O2S. The van der Waals surface area contributed by atoms with Crippen molar-refractivity contribution in [2.24, 2.45) is 0 Å². The van der Waals surface area contributed by atoms with Crippen LogP contribution in [0, 0.1) is 11.3 Å². The van der Waals surface area contributed by atoms with E-state index in [1.165, 1.54) is 0 Å². The predicted octanol–water partition coefficient (Wildman–Crippen LogP) is 3.46. The maximum Gasteiger partial charge on any atom is 0.287 e. The van der Waals surface area contributed by atoms with Gasteiger partial charge in [-0.2, -0.15) is 5.26 Å². The van der Waals surface area contributed by atoms with E-state index < -0.39 is 6.04 Å². The first kappa shape index (κ1) is 16.4. The molecule has 3 aromatic rings. The fourth-order valence-corrected chi connectivity index (χ4v) is 3.97. The van der Waals surface area contributed by atoms with Crippen molar-refractivity contribution in [3.63, 3.8) is 0 Å². The quantitative estimate of drug-likeness (QED) is 0.772. The molecule has 6 heteroatoms. The largest absolute Gasteiger partial charge is 0.343 e. The number of benzene rings is 2. The van der Waals surface area contributed by atoms with Gasteiger partial charge in [-0.15, -0.1) is 0 Å². The lowest BCUT2D eigenvalue weighted by molar-refractivity contribution is -0.112. The molecule has 26 heavy (non-hydrogen) atoms. The average molecular weight is 361 g/mol. The summed E-state index contributed by atoms with van der Waals surface area (Å²) in [5, 5.41) is 12.5. The second-order valence-corrected chi connectivity index (χ2v) is 7.20. The summed E-state index contributed by atoms with van der Waals surface area (Å²) in [6.45, 7) is 0.635. The number of carbonyl (C=O) groups is 2. The zero-order valence-electron chi connectivity index (χ0n) is 13.8. The molecular weight excluding hydrogens is 346 g/mol. The topological polar surface area (TPSA) is 74.9 Å². The maximum atomic E-state index is 11.9. The molecule has 1 N–H and O–H groups in total. The standard InChI is InChI=1S/C20H15N3O2S/c21-10-13-4-3-5-14(8-13)11-23-12-15(16-6-1-2-7-18(16)23)9-17-19(24)26-20(25)22-17/h1-8,12,17H,9,11H2,(H,22,25). The fourth-order valence-electron chi connectivity index (χ4n) is 3.30. The van der Waals surface area contributed by atoms with E-state index in [-0.39, 0.29) is 10.4 Å². The van der Waals surface area contributed by atoms with Gasteiger partial charge in [-0.3, -0.25) is 9.59 Å². The lowest BCUT2D eigenvalue weighted by Gasteiger charge is -2.06. The molecule has 4 rings (SSSR count). The van der Waals surface area contributed by atoms with Crippen LogP contribution in [0.2, 0.25) is 0 Å². The van der Waals surface area contributed by atoms with Gasteiger partial charge in [0.05, 0.1) is 11.6 Å². The van der Waals surface area contributed by atoms with Crippen LogP contribution in [0.15, 0.2) is 54.7 Å². The third-order valence-corrected chi connectivity index (χ3v) is 5.26. The van der Waals surface area contributed by atoms with Gasteiger partial charge in [-0.25, -0.2) is 0 Å². The molecule has 2 aromatic carbocycles. The molecule has 1 fully saturated rings. The molecule has 128 valence electrons. The number of amides is 1. The van der Waals surface area contributed by atoms with Crippen LogP contribution in [-0.2, 0) is 17.8 Å². The molecule has 1 unspecified atom stereocenters. The molecule has 5 nitrogen and oxygen atoms in total. The summed E-state index contributed by atoms with van der Waals surface area (Å²) in [4.78, 5) is 23.4. The first-order chi connectivity index (χ1) is 12.6. The van der Waals surface area contributed by atoms with Crippen LogP contribution in [-0.4, -0.2) is 21.0 Å². The molecule has 0 saturated carbocycles. The number of para-hydroxylation sites is 1. The summed E-state index contributed by atoms with van der Waals surface area (Å²) in [6, 6.07) is 17.2. The zero-order chi connectivity index (χ0) is 18.1. The average Bonchev–Trinajstić information content (AvgIpc) is 3.15. The number of fused-ring (bicyclic) bond motifs is 1. The van der Waals surface area contributed by atoms with Gasteiger partial charge >= 0.3 is 0 Å². The molecule has 1 amide bonds. The van der Waals surface area contributed by atoms with Crippen molar-refractivity contribution in [1.29, 1.82) is 5.26 Å². The van der Waals surface area contributed by atoms with Crippen LogP contribution in [0.4, 0.5) is 4.79 Å². The van der Waals surface area contributed by atoms with Gasteiger partial charge in [0.25, 0.3) is 5.24 Å². The predicted molar refractivity (Wildman–Crippen MR) is 101 cm³/mol. The lowest BCUT2D eigenvalue weighted by Crippen LogP contribution is -2.30. The number of hydrogen-bond acceptors (Lipinski definition) is 4. The Balaban J connectivity index is 1.69. The van der Waals surface area contributed by atoms with E-state index >= 15 is 0 Å². The number of thioether (sulfide) groups is 1. The summed E-state index contributed by atoms with van der Waals surface area (Å²) >= 11 is 0.740. The van der Waals surface area contributed by atoms with E-state index in [1.807, 2.05) is 48.7 Å². The highest BCUT2D eigenvalue weighted by Crippen LogP contribution is 2.26. The molecule has 0 bridgehead atoms. The maximum absolute atomic E-state index is 11.9. The molecule has 1 aliphatic rings. The summed E-state index contributed by atoms with van der Waals surface area (Å²) in [7, 11) is 0. The van der Waals surface area contributed by atoms with E-state index in [1.54, 1.807) is 6.07 Å². The SMILES string of the molecule is N#Cc1cccc(Cn2cc(CC3NC(=O)SC3=O)c3ccccc32)c1. The number of rotatable bonds is 4. The van der Waals surface area contributed by atoms with Gasteiger partial charge in [0, 0.05) is 41.8 Å². The van der Waals surface area contributed by atoms with Crippen LogP contribution in [0.25, 0.3) is 10.9 Å². The monoisotopic (exact) mass is 361 g/mol. The normalized spacial score (nSPS) is 16.7. The number of hydrogen-bond donors (Lipinski definition) is 1. The van der Waals surface area contributed by atoms with Gasteiger partial charge in [0.1, 0.15) is 6.04 Å². The van der Waals surface area contributed by atoms with E-state index in [9.17, 15) is 9.59 Å². The van der Waals surface area contributed by atoms with Crippen molar-refractivity contribution in [1.82, 2.24) is 9.88 Å². The Bertz CT molecular complexity index is 1060. The van der Waals surface area contributed by atoms with Gasteiger partial charge < -0.3 is 9.88 Å². The minimum atomic E-state index is -0.478. The van der Waals surface area contributed by atoms with Gasteiger partial charge in [0.15, 0.2) is 0 Å². The second-order valence-electron chi connectivity index (χ2n) is 6.22. The number of nitrogens with one attached hydrogen (secondary N) is 1. The van der Waals surface area contributed by atoms with Crippen LogP contribution in [0.3, 0.4) is 0 Å². The van der Waals surface area contributed by atoms with E-state index in [2.05, 4.69) is 16.0 Å². The van der Waals surface area contributed by atoms with Crippen molar-refractivity contribution >= 4 is 33.0 Å². The third kappa shape index (κ3) is 3.09. The molecule has 1 atom stereocenters. The van der Waals surface area contributed by atoms with Crippen LogP contribution in [0.5, 0.6) is 0 Å². The summed E-state index contributed by atoms with van der Waals surface area (Å²) in [5.74, 6) is 0. The number of carbonyl (C=O) groups excluding carboxylic acids is 2. The van der Waals surface area contributed by atoms with Gasteiger partial charge in [0.2, 0.25) is 5.12 Å². The Morgan fingerprint density at radius 2 is 2.00 bits per heavy atom. The minimum Gasteiger partial charge on any atom is -0.343 e. The van der Waals surface area contributed by atoms with E-state index in [0.717, 1.165) is 33.8 Å². The molecule has 0 radical (unpaired) electrons. The molecule has 2 heterocycles. The molecule has 1 saturated heterocycles. The number of nitriles is 1. The van der Waals surface area contributed by atoms with E-state index in [4.69, 9.17) is 5.26 Å². The summed E-state index contributed by atoms with van der Waals surface area (Å²) < 4.78 is 2.12. The summed E-state index contributed by atoms with van der Waals surface area (Å²) in [6.07, 6.45) is 2.51. The highest BCUT2D eigenvalue weighted by atomic mass is 32.2. The van der Waals surface area contributed by atoms with Crippen LogP contribution in [0.1, 0.15) is 16.7 Å². The van der Waals surface area contributed by atoms with Crippen molar-refractivity contribution in [3.8, 4) is 6.07 Å². The molecule has 0 spiro atoms. The van der Waals surface area contributed by atoms with Crippen molar-refractivity contribution in [2.75, 3.05) is 0 Å². The number of nitrogens with zero attached hydrogens (tertiary/aromatic N) is 2. The van der Waals surface area contributed by atoms with Gasteiger partial charge in [-0.05, 0) is 29.3 Å². The van der Waals surface area contributed by atoms with Crippen molar-refractivity contribution in [3.05, 3.63) is 71.4 Å². The first-order valence-corrected chi connectivity index (χ1v) is 9.03. The zero-order valence-corrected chi connectivity index (χ0v) is 14.6. The number of aromatic nitrogens is 1. The Kier molecular flexibility index (Phi) is 4.23. The fraction of sp³-hybridized carbons (Fsp3) is 0.150. The highest BCUT2D eigenvalue weighted by molar-refractivity contribution is 8.26. The molecule has 1 aliphatic heterocycles. The highest BCUT2D eigenvalue weighted by Gasteiger charge is 2.31. The Morgan fingerprint density at radius 3 is 2.77 bits per heavy atom. The Hall–Kier alpha value is -3.04. The van der Waals surface area contributed by atoms with Crippen LogP contribution < -0.4 is 5.32 Å². The smallest absolute Gasteiger partial charge is 0.287 e. The lowest BCUT2D eigenvalue weighted by atomic mass is 10.1. The second kappa shape index (κ2) is 6.70. The Morgan fingerprint density at radius 1 is 1.15 bits per heavy atom. The van der Waals surface area contributed by atoms with Gasteiger partial charge in [-0.1, -0.05) is 30.3 Å². The van der Waals surface area contributed by atoms with Crippen molar-refractivity contribution in [2.45, 2.75) is 19.0 Å². The minimum absolute atomic E-state index is 0.131. The van der Waals surface area contributed by atoms with Crippen LogP contribution >= 0.6 is 11.8 Å². The first-order valence-electron chi connectivity index (χ1n) is 8.22. The Labute approximate surface area is 154 Å². The molecule has 1 aromatic heterocycles. The van der Waals surface area contributed by atoms with E-state index in [0.29, 0.717) is 18.5 Å². The third-order valence-electron chi connectivity index (χ3n) is 4.47.